The summed E-state index contributed by atoms with van der Waals surface area (Å²) in [6.07, 6.45) is -4.16. The van der Waals surface area contributed by atoms with Crippen molar-refractivity contribution in [2.75, 3.05) is 0 Å². The van der Waals surface area contributed by atoms with Crippen LogP contribution in [0.15, 0.2) is 11.1 Å². The maximum absolute atomic E-state index is 11.7. The summed E-state index contributed by atoms with van der Waals surface area (Å²) in [5.74, 6) is 0. The molecule has 1 rings (SSSR count). The fourth-order valence-electron chi connectivity index (χ4n) is 0.825. The van der Waals surface area contributed by atoms with Crippen molar-refractivity contribution in [3.8, 4) is 0 Å². The highest BCUT2D eigenvalue weighted by Crippen LogP contribution is 2.19. The summed E-state index contributed by atoms with van der Waals surface area (Å²) in [7, 11) is 1.38. The predicted octanol–water partition coefficient (Wildman–Crippen LogP) is 0.534. The van der Waals surface area contributed by atoms with Crippen LogP contribution in [0, 0.1) is 0 Å². The van der Waals surface area contributed by atoms with Crippen LogP contribution in [0.1, 0.15) is 6.42 Å². The molecule has 13 heavy (non-hydrogen) atoms. The molecule has 0 fully saturated rings. The van der Waals surface area contributed by atoms with Crippen molar-refractivity contribution >= 4 is 0 Å². The van der Waals surface area contributed by atoms with E-state index in [1.54, 1.807) is 0 Å². The molecule has 0 atom stereocenters. The van der Waals surface area contributed by atoms with Gasteiger partial charge in [0.25, 0.3) is 0 Å². The van der Waals surface area contributed by atoms with Gasteiger partial charge in [-0.25, -0.2) is 9.48 Å². The Hall–Kier alpha value is -1.27. The van der Waals surface area contributed by atoms with E-state index in [2.05, 4.69) is 5.10 Å². The molecule has 0 bridgehead atoms. The van der Waals surface area contributed by atoms with Crippen LogP contribution in [-0.4, -0.2) is 20.5 Å². The molecule has 0 unspecified atom stereocenters. The van der Waals surface area contributed by atoms with Crippen LogP contribution >= 0.6 is 0 Å². The van der Waals surface area contributed by atoms with Gasteiger partial charge >= 0.3 is 11.9 Å². The summed E-state index contributed by atoms with van der Waals surface area (Å²) in [5, 5.41) is 3.52. The second kappa shape index (κ2) is 3.23. The largest absolute Gasteiger partial charge is 0.390 e. The van der Waals surface area contributed by atoms with Gasteiger partial charge in [0.1, 0.15) is 6.33 Å². The zero-order chi connectivity index (χ0) is 10.1. The molecule has 0 saturated carbocycles. The summed E-state index contributed by atoms with van der Waals surface area (Å²) in [6.45, 7) is -0.379. The third kappa shape index (κ3) is 2.60. The van der Waals surface area contributed by atoms with E-state index in [4.69, 9.17) is 0 Å². The number of aryl methyl sites for hydroxylation is 2. The number of rotatable bonds is 2. The minimum Gasteiger partial charge on any atom is -0.281 e. The molecular formula is C6H8F3N3O. The topological polar surface area (TPSA) is 39.8 Å². The first-order chi connectivity index (χ1) is 5.90. The second-order valence-corrected chi connectivity index (χ2v) is 2.60. The van der Waals surface area contributed by atoms with Crippen LogP contribution in [0.2, 0.25) is 0 Å². The Labute approximate surface area is 71.6 Å². The van der Waals surface area contributed by atoms with Crippen LogP contribution in [0.5, 0.6) is 0 Å². The van der Waals surface area contributed by atoms with Crippen LogP contribution in [0.3, 0.4) is 0 Å². The lowest BCUT2D eigenvalue weighted by Gasteiger charge is -2.04. The third-order valence-corrected chi connectivity index (χ3v) is 1.52. The second-order valence-electron chi connectivity index (χ2n) is 2.60. The summed E-state index contributed by atoms with van der Waals surface area (Å²) in [5.41, 5.74) is -0.538. The number of nitrogens with zero attached hydrogens (tertiary/aromatic N) is 3. The van der Waals surface area contributed by atoms with Crippen molar-refractivity contribution in [2.24, 2.45) is 7.05 Å². The van der Waals surface area contributed by atoms with Gasteiger partial charge in [-0.3, -0.25) is 4.57 Å². The molecule has 74 valence electrons. The van der Waals surface area contributed by atoms with Crippen molar-refractivity contribution in [2.45, 2.75) is 19.1 Å². The monoisotopic (exact) mass is 195 g/mol. The Kier molecular flexibility index (Phi) is 2.44. The lowest BCUT2D eigenvalue weighted by Crippen LogP contribution is -2.24. The van der Waals surface area contributed by atoms with Crippen molar-refractivity contribution in [3.63, 3.8) is 0 Å². The maximum atomic E-state index is 11.7. The van der Waals surface area contributed by atoms with Crippen molar-refractivity contribution in [1.82, 2.24) is 14.3 Å². The molecule has 4 nitrogen and oxygen atoms in total. The molecule has 1 heterocycles. The fourth-order valence-corrected chi connectivity index (χ4v) is 0.825. The Bertz CT molecular complexity index is 338. The molecule has 0 aliphatic carbocycles. The molecule has 0 spiro atoms. The van der Waals surface area contributed by atoms with Gasteiger partial charge in [-0.1, -0.05) is 0 Å². The van der Waals surface area contributed by atoms with E-state index in [1.165, 1.54) is 7.05 Å². The lowest BCUT2D eigenvalue weighted by molar-refractivity contribution is -0.136. The van der Waals surface area contributed by atoms with E-state index >= 15 is 0 Å². The van der Waals surface area contributed by atoms with E-state index in [-0.39, 0.29) is 6.54 Å². The van der Waals surface area contributed by atoms with Gasteiger partial charge in [-0.05, 0) is 0 Å². The van der Waals surface area contributed by atoms with Crippen LogP contribution in [0.4, 0.5) is 13.2 Å². The number of halogens is 3. The number of hydrogen-bond acceptors (Lipinski definition) is 2. The highest BCUT2D eigenvalue weighted by atomic mass is 19.4. The summed E-state index contributed by atoms with van der Waals surface area (Å²) in [6, 6.07) is 0. The minimum absolute atomic E-state index is 0.379. The van der Waals surface area contributed by atoms with Gasteiger partial charge in [-0.15, -0.1) is 0 Å². The van der Waals surface area contributed by atoms with Gasteiger partial charge in [0.2, 0.25) is 0 Å². The molecule has 1 aromatic rings. The van der Waals surface area contributed by atoms with Crippen molar-refractivity contribution in [1.29, 1.82) is 0 Å². The number of hydrogen-bond donors (Lipinski definition) is 0. The highest BCUT2D eigenvalue weighted by Gasteiger charge is 2.26. The number of alkyl halides is 3. The van der Waals surface area contributed by atoms with Crippen molar-refractivity contribution < 1.29 is 13.2 Å². The SMILES string of the molecule is Cn1ncn(CCC(F)(F)F)c1=O. The molecule has 1 aromatic heterocycles. The summed E-state index contributed by atoms with van der Waals surface area (Å²) >= 11 is 0. The molecule has 0 saturated heterocycles. The van der Waals surface area contributed by atoms with E-state index in [9.17, 15) is 18.0 Å². The average molecular weight is 195 g/mol. The third-order valence-electron chi connectivity index (χ3n) is 1.52. The van der Waals surface area contributed by atoms with Crippen LogP contribution < -0.4 is 5.69 Å². The van der Waals surface area contributed by atoms with Gasteiger partial charge in [-0.2, -0.15) is 18.3 Å². The first-order valence-electron chi connectivity index (χ1n) is 3.55. The van der Waals surface area contributed by atoms with Crippen LogP contribution in [0.25, 0.3) is 0 Å². The van der Waals surface area contributed by atoms with Gasteiger partial charge in [0.15, 0.2) is 0 Å². The van der Waals surface area contributed by atoms with Crippen LogP contribution in [-0.2, 0) is 13.6 Å². The van der Waals surface area contributed by atoms with E-state index in [0.717, 1.165) is 15.6 Å². The smallest absolute Gasteiger partial charge is 0.281 e. The van der Waals surface area contributed by atoms with E-state index in [0.29, 0.717) is 0 Å². The van der Waals surface area contributed by atoms with Gasteiger partial charge in [0, 0.05) is 13.6 Å². The molecule has 0 N–H and O–H groups in total. The molecule has 0 aromatic carbocycles. The Balaban J connectivity index is 2.66. The van der Waals surface area contributed by atoms with Gasteiger partial charge in [0.05, 0.1) is 6.42 Å². The summed E-state index contributed by atoms with van der Waals surface area (Å²) < 4.78 is 37.1. The first-order valence-corrected chi connectivity index (χ1v) is 3.55. The predicted molar refractivity (Wildman–Crippen MR) is 38.1 cm³/mol. The molecule has 0 radical (unpaired) electrons. The fraction of sp³-hybridized carbons (Fsp3) is 0.667. The average Bonchev–Trinajstić information content (AvgIpc) is 2.29. The number of aromatic nitrogens is 3. The maximum Gasteiger partial charge on any atom is 0.390 e. The first kappa shape index (κ1) is 9.82. The summed E-state index contributed by atoms with van der Waals surface area (Å²) in [4.78, 5) is 11.0. The zero-order valence-corrected chi connectivity index (χ0v) is 6.88. The standard InChI is InChI=1S/C6H8F3N3O/c1-11-5(13)12(4-10-11)3-2-6(7,8)9/h4H,2-3H2,1H3. The van der Waals surface area contributed by atoms with E-state index < -0.39 is 18.3 Å². The quantitative estimate of drug-likeness (QED) is 0.690. The Morgan fingerprint density at radius 1 is 1.54 bits per heavy atom. The Morgan fingerprint density at radius 2 is 2.15 bits per heavy atom. The molecule has 7 heteroatoms. The normalized spacial score (nSPS) is 12.0. The van der Waals surface area contributed by atoms with E-state index in [1.807, 2.05) is 0 Å². The molecule has 0 amide bonds. The lowest BCUT2D eigenvalue weighted by atomic mass is 10.4. The molecular weight excluding hydrogens is 187 g/mol. The molecule has 0 aliphatic heterocycles. The Morgan fingerprint density at radius 3 is 2.54 bits per heavy atom. The zero-order valence-electron chi connectivity index (χ0n) is 6.88. The van der Waals surface area contributed by atoms with Gasteiger partial charge < -0.3 is 0 Å². The van der Waals surface area contributed by atoms with Crippen molar-refractivity contribution in [3.05, 3.63) is 16.8 Å². The molecule has 0 aliphatic rings. The highest BCUT2D eigenvalue weighted by molar-refractivity contribution is 4.67. The minimum atomic E-state index is -4.24.